The zero-order chi connectivity index (χ0) is 18.1. The van der Waals surface area contributed by atoms with Gasteiger partial charge in [0.2, 0.25) is 11.8 Å². The number of nitrogens with one attached hydrogen (secondary N) is 1. The maximum absolute atomic E-state index is 12.6. The van der Waals surface area contributed by atoms with Gasteiger partial charge in [-0.2, -0.15) is 0 Å². The Labute approximate surface area is 159 Å². The molecule has 4 rings (SSSR count). The molecule has 2 aromatic carbocycles. The molecule has 0 spiro atoms. The van der Waals surface area contributed by atoms with Crippen LogP contribution in [0, 0.1) is 5.92 Å². The van der Waals surface area contributed by atoms with Gasteiger partial charge in [0.1, 0.15) is 0 Å². The van der Waals surface area contributed by atoms with E-state index in [0.717, 1.165) is 21.1 Å². The predicted octanol–water partition coefficient (Wildman–Crippen LogP) is 3.99. The lowest BCUT2D eigenvalue weighted by molar-refractivity contribution is -0.122. The topological polar surface area (TPSA) is 62.3 Å². The molecule has 0 bridgehead atoms. The molecule has 0 radical (unpaired) electrons. The lowest BCUT2D eigenvalue weighted by Crippen LogP contribution is -2.28. The molecule has 5 nitrogen and oxygen atoms in total. The number of fused-ring (bicyclic) bond motifs is 1. The number of amides is 2. The van der Waals surface area contributed by atoms with Gasteiger partial charge in [-0.25, -0.2) is 0 Å². The van der Waals surface area contributed by atoms with Gasteiger partial charge in [0.05, 0.1) is 29.0 Å². The minimum atomic E-state index is -0.388. The van der Waals surface area contributed by atoms with Gasteiger partial charge >= 0.3 is 0 Å². The van der Waals surface area contributed by atoms with Gasteiger partial charge in [0.15, 0.2) is 0 Å². The van der Waals surface area contributed by atoms with Gasteiger partial charge in [0, 0.05) is 22.8 Å². The molecule has 1 saturated heterocycles. The van der Waals surface area contributed by atoms with Crippen molar-refractivity contribution in [1.29, 1.82) is 0 Å². The highest BCUT2D eigenvalue weighted by atomic mass is 79.9. The van der Waals surface area contributed by atoms with Crippen LogP contribution in [-0.4, -0.2) is 23.3 Å². The lowest BCUT2D eigenvalue weighted by Gasteiger charge is -2.18. The number of aromatic nitrogens is 1. The number of benzene rings is 2. The standard InChI is InChI=1S/C20H16BrN3O2/c21-16-6-2-4-8-18(16)24-12-14(10-19(24)25)20(26)23-15-9-13-5-1-3-7-17(13)22-11-15/h1-9,11,14H,10,12H2,(H,23,26). The van der Waals surface area contributed by atoms with Crippen LogP contribution >= 0.6 is 15.9 Å². The second-order valence-corrected chi connectivity index (χ2v) is 7.12. The molecule has 2 amide bonds. The van der Waals surface area contributed by atoms with Crippen LogP contribution in [0.2, 0.25) is 0 Å². The van der Waals surface area contributed by atoms with Crippen molar-refractivity contribution in [2.24, 2.45) is 5.92 Å². The number of pyridine rings is 1. The van der Waals surface area contributed by atoms with Crippen molar-refractivity contribution in [1.82, 2.24) is 4.98 Å². The molecular formula is C20H16BrN3O2. The first-order chi connectivity index (χ1) is 12.6. The maximum Gasteiger partial charge on any atom is 0.229 e. The Morgan fingerprint density at radius 1 is 1.15 bits per heavy atom. The molecule has 2 heterocycles. The maximum atomic E-state index is 12.6. The first-order valence-electron chi connectivity index (χ1n) is 8.32. The van der Waals surface area contributed by atoms with E-state index in [0.29, 0.717) is 12.2 Å². The second-order valence-electron chi connectivity index (χ2n) is 6.26. The second kappa shape index (κ2) is 6.88. The van der Waals surface area contributed by atoms with Crippen LogP contribution in [0.15, 0.2) is 65.3 Å². The van der Waals surface area contributed by atoms with E-state index >= 15 is 0 Å². The number of hydrogen-bond donors (Lipinski definition) is 1. The van der Waals surface area contributed by atoms with Crippen LogP contribution in [0.4, 0.5) is 11.4 Å². The summed E-state index contributed by atoms with van der Waals surface area (Å²) in [7, 11) is 0. The summed E-state index contributed by atoms with van der Waals surface area (Å²) in [4.78, 5) is 31.0. The van der Waals surface area contributed by atoms with E-state index in [9.17, 15) is 9.59 Å². The average molecular weight is 410 g/mol. The van der Waals surface area contributed by atoms with Crippen LogP contribution < -0.4 is 10.2 Å². The fraction of sp³-hybridized carbons (Fsp3) is 0.150. The van der Waals surface area contributed by atoms with Crippen molar-refractivity contribution in [3.8, 4) is 0 Å². The van der Waals surface area contributed by atoms with E-state index in [2.05, 4.69) is 26.2 Å². The third-order valence-electron chi connectivity index (χ3n) is 4.50. The molecule has 130 valence electrons. The van der Waals surface area contributed by atoms with E-state index < -0.39 is 0 Å². The fourth-order valence-corrected chi connectivity index (χ4v) is 3.67. The zero-order valence-electron chi connectivity index (χ0n) is 13.9. The van der Waals surface area contributed by atoms with Gasteiger partial charge in [-0.1, -0.05) is 30.3 Å². The number of halogens is 1. The monoisotopic (exact) mass is 409 g/mol. The molecule has 1 N–H and O–H groups in total. The van der Waals surface area contributed by atoms with Crippen molar-refractivity contribution in [3.63, 3.8) is 0 Å². The Morgan fingerprint density at radius 3 is 2.77 bits per heavy atom. The SMILES string of the molecule is O=C(Nc1cnc2ccccc2c1)C1CC(=O)N(c2ccccc2Br)C1. The Bertz CT molecular complexity index is 1010. The Morgan fingerprint density at radius 2 is 1.92 bits per heavy atom. The Kier molecular flexibility index (Phi) is 4.42. The molecule has 1 aromatic heterocycles. The third kappa shape index (κ3) is 3.20. The highest BCUT2D eigenvalue weighted by Gasteiger charge is 2.35. The molecule has 1 fully saturated rings. The summed E-state index contributed by atoms with van der Waals surface area (Å²) in [6.07, 6.45) is 1.84. The van der Waals surface area contributed by atoms with E-state index in [1.165, 1.54) is 0 Å². The smallest absolute Gasteiger partial charge is 0.229 e. The van der Waals surface area contributed by atoms with Gasteiger partial charge in [-0.15, -0.1) is 0 Å². The summed E-state index contributed by atoms with van der Waals surface area (Å²) in [5.41, 5.74) is 2.31. The minimum Gasteiger partial charge on any atom is -0.324 e. The predicted molar refractivity (Wildman–Crippen MR) is 105 cm³/mol. The van der Waals surface area contributed by atoms with Crippen molar-refractivity contribution in [2.75, 3.05) is 16.8 Å². The van der Waals surface area contributed by atoms with Gasteiger partial charge < -0.3 is 10.2 Å². The summed E-state index contributed by atoms with van der Waals surface area (Å²) in [6.45, 7) is 0.369. The number of hydrogen-bond acceptors (Lipinski definition) is 3. The van der Waals surface area contributed by atoms with Crippen molar-refractivity contribution in [3.05, 3.63) is 65.3 Å². The molecule has 1 aliphatic heterocycles. The number of anilines is 2. The van der Waals surface area contributed by atoms with E-state index in [1.54, 1.807) is 11.1 Å². The van der Waals surface area contributed by atoms with Crippen LogP contribution in [0.5, 0.6) is 0 Å². The summed E-state index contributed by atoms with van der Waals surface area (Å²) < 4.78 is 0.841. The molecule has 3 aromatic rings. The molecule has 1 unspecified atom stereocenters. The van der Waals surface area contributed by atoms with Gasteiger partial charge in [-0.3, -0.25) is 14.6 Å². The number of carbonyl (C=O) groups excluding carboxylic acids is 2. The first-order valence-corrected chi connectivity index (χ1v) is 9.11. The van der Waals surface area contributed by atoms with E-state index in [-0.39, 0.29) is 24.2 Å². The van der Waals surface area contributed by atoms with Gasteiger partial charge in [-0.05, 0) is 40.2 Å². The van der Waals surface area contributed by atoms with E-state index in [4.69, 9.17) is 0 Å². The first kappa shape index (κ1) is 16.7. The normalized spacial score (nSPS) is 16.9. The third-order valence-corrected chi connectivity index (χ3v) is 5.17. The molecule has 1 atom stereocenters. The molecule has 0 aliphatic carbocycles. The largest absolute Gasteiger partial charge is 0.324 e. The summed E-state index contributed by atoms with van der Waals surface area (Å²) in [5, 5.41) is 3.85. The molecule has 1 aliphatic rings. The zero-order valence-corrected chi connectivity index (χ0v) is 15.4. The summed E-state index contributed by atoms with van der Waals surface area (Å²) in [6, 6.07) is 17.1. The van der Waals surface area contributed by atoms with Crippen LogP contribution in [-0.2, 0) is 9.59 Å². The lowest BCUT2D eigenvalue weighted by atomic mass is 10.1. The molecule has 26 heavy (non-hydrogen) atoms. The quantitative estimate of drug-likeness (QED) is 0.711. The highest BCUT2D eigenvalue weighted by molar-refractivity contribution is 9.10. The number of rotatable bonds is 3. The molecule has 0 saturated carbocycles. The number of carbonyl (C=O) groups is 2. The highest BCUT2D eigenvalue weighted by Crippen LogP contribution is 2.31. The Balaban J connectivity index is 1.50. The Hall–Kier alpha value is -2.73. The van der Waals surface area contributed by atoms with Crippen LogP contribution in [0.3, 0.4) is 0 Å². The van der Waals surface area contributed by atoms with Crippen molar-refractivity contribution >= 4 is 50.0 Å². The minimum absolute atomic E-state index is 0.0475. The van der Waals surface area contributed by atoms with E-state index in [1.807, 2.05) is 54.6 Å². The van der Waals surface area contributed by atoms with Crippen molar-refractivity contribution in [2.45, 2.75) is 6.42 Å². The summed E-state index contributed by atoms with van der Waals surface area (Å²) >= 11 is 3.46. The van der Waals surface area contributed by atoms with Gasteiger partial charge in [0.25, 0.3) is 0 Å². The van der Waals surface area contributed by atoms with Crippen LogP contribution in [0.1, 0.15) is 6.42 Å². The summed E-state index contributed by atoms with van der Waals surface area (Å²) in [5.74, 6) is -0.597. The number of nitrogens with zero attached hydrogens (tertiary/aromatic N) is 2. The van der Waals surface area contributed by atoms with Crippen LogP contribution in [0.25, 0.3) is 10.9 Å². The number of para-hydroxylation sites is 2. The fourth-order valence-electron chi connectivity index (χ4n) is 3.17. The molecular weight excluding hydrogens is 394 g/mol. The molecule has 6 heteroatoms. The van der Waals surface area contributed by atoms with Crippen molar-refractivity contribution < 1.29 is 9.59 Å². The average Bonchev–Trinajstić information content (AvgIpc) is 3.04.